The second-order valence-corrected chi connectivity index (χ2v) is 6.59. The lowest BCUT2D eigenvalue weighted by Crippen LogP contribution is -2.36. The molecule has 2 heterocycles. The van der Waals surface area contributed by atoms with Crippen LogP contribution in [0.25, 0.3) is 0 Å². The summed E-state index contributed by atoms with van der Waals surface area (Å²) in [7, 11) is 0. The molecular formula is C21H19N3O3. The van der Waals surface area contributed by atoms with E-state index in [1.165, 1.54) is 0 Å². The first-order valence-electron chi connectivity index (χ1n) is 8.93. The van der Waals surface area contributed by atoms with E-state index in [0.29, 0.717) is 18.0 Å². The summed E-state index contributed by atoms with van der Waals surface area (Å²) in [6, 6.07) is 19.0. The number of nitrogens with zero attached hydrogens (tertiary/aromatic N) is 3. The van der Waals surface area contributed by atoms with Gasteiger partial charge in [-0.1, -0.05) is 43.3 Å². The van der Waals surface area contributed by atoms with Crippen molar-refractivity contribution in [3.05, 3.63) is 59.7 Å². The Morgan fingerprint density at radius 1 is 1.04 bits per heavy atom. The van der Waals surface area contributed by atoms with E-state index in [1.54, 1.807) is 0 Å². The second-order valence-electron chi connectivity index (χ2n) is 6.59. The predicted molar refractivity (Wildman–Crippen MR) is 96.5 cm³/mol. The van der Waals surface area contributed by atoms with Crippen LogP contribution < -0.4 is 9.47 Å². The van der Waals surface area contributed by atoms with Crippen LogP contribution in [0.2, 0.25) is 0 Å². The molecule has 2 aromatic rings. The Hall–Kier alpha value is -3.06. The molecule has 2 unspecified atom stereocenters. The van der Waals surface area contributed by atoms with Crippen LogP contribution in [0.3, 0.4) is 0 Å². The molecule has 0 N–H and O–H groups in total. The van der Waals surface area contributed by atoms with Crippen molar-refractivity contribution in [3.63, 3.8) is 0 Å². The largest absolute Gasteiger partial charge is 0.454 e. The maximum absolute atomic E-state index is 9.91. The maximum Gasteiger partial charge on any atom is 0.262 e. The van der Waals surface area contributed by atoms with E-state index in [4.69, 9.17) is 14.2 Å². The number of benzene rings is 2. The summed E-state index contributed by atoms with van der Waals surface area (Å²) in [4.78, 5) is 2.08. The molecule has 0 bridgehead atoms. The molecule has 0 aromatic heterocycles. The van der Waals surface area contributed by atoms with Crippen molar-refractivity contribution < 1.29 is 14.2 Å². The lowest BCUT2D eigenvalue weighted by atomic mass is 9.90. The number of fused-ring (bicyclic) bond motifs is 1. The molecule has 136 valence electrons. The van der Waals surface area contributed by atoms with Crippen molar-refractivity contribution in [3.8, 4) is 23.6 Å². The van der Waals surface area contributed by atoms with Gasteiger partial charge >= 0.3 is 0 Å². The molecule has 27 heavy (non-hydrogen) atoms. The predicted octanol–water partition coefficient (Wildman–Crippen LogP) is 3.68. The van der Waals surface area contributed by atoms with Gasteiger partial charge in [0, 0.05) is 6.54 Å². The summed E-state index contributed by atoms with van der Waals surface area (Å²) < 4.78 is 17.0. The van der Waals surface area contributed by atoms with E-state index in [1.807, 2.05) is 48.5 Å². The van der Waals surface area contributed by atoms with Gasteiger partial charge in [-0.3, -0.25) is 4.90 Å². The highest BCUT2D eigenvalue weighted by molar-refractivity contribution is 5.48. The van der Waals surface area contributed by atoms with E-state index in [0.717, 1.165) is 17.5 Å². The third-order valence-corrected chi connectivity index (χ3v) is 4.93. The zero-order valence-electron chi connectivity index (χ0n) is 15.0. The van der Waals surface area contributed by atoms with Crippen molar-refractivity contribution in [2.45, 2.75) is 31.2 Å². The molecule has 2 aromatic carbocycles. The fourth-order valence-electron chi connectivity index (χ4n) is 3.77. The molecule has 6 heteroatoms. The van der Waals surface area contributed by atoms with Gasteiger partial charge in [0.1, 0.15) is 18.4 Å². The van der Waals surface area contributed by atoms with Crippen LogP contribution in [0, 0.1) is 22.7 Å². The topological polar surface area (TPSA) is 78.5 Å². The molecule has 0 aliphatic carbocycles. The van der Waals surface area contributed by atoms with Crippen molar-refractivity contribution in [2.75, 3.05) is 13.3 Å². The number of rotatable bonds is 4. The Morgan fingerprint density at radius 3 is 2.48 bits per heavy atom. The number of nitriles is 2. The summed E-state index contributed by atoms with van der Waals surface area (Å²) in [5.74, 6) is 1.29. The van der Waals surface area contributed by atoms with Crippen LogP contribution in [0.4, 0.5) is 0 Å². The van der Waals surface area contributed by atoms with Crippen molar-refractivity contribution in [2.24, 2.45) is 0 Å². The highest BCUT2D eigenvalue weighted by atomic mass is 16.7. The molecule has 2 aliphatic heterocycles. The van der Waals surface area contributed by atoms with Gasteiger partial charge in [-0.05, 0) is 29.7 Å². The Bertz CT molecular complexity index is 903. The van der Waals surface area contributed by atoms with Gasteiger partial charge in [-0.25, -0.2) is 0 Å². The van der Waals surface area contributed by atoms with Gasteiger partial charge in [0.25, 0.3) is 5.60 Å². The second kappa shape index (κ2) is 6.92. The first-order chi connectivity index (χ1) is 13.2. The Balaban J connectivity index is 1.83. The fourth-order valence-corrected chi connectivity index (χ4v) is 3.77. The van der Waals surface area contributed by atoms with Gasteiger partial charge in [-0.2, -0.15) is 10.5 Å². The third-order valence-electron chi connectivity index (χ3n) is 4.93. The highest BCUT2D eigenvalue weighted by Crippen LogP contribution is 2.50. The van der Waals surface area contributed by atoms with Gasteiger partial charge in [0.15, 0.2) is 11.5 Å². The van der Waals surface area contributed by atoms with E-state index < -0.39 is 17.9 Å². The summed E-state index contributed by atoms with van der Waals surface area (Å²) in [6.07, 6.45) is 0.390. The molecule has 1 saturated heterocycles. The normalized spacial score (nSPS) is 22.9. The zero-order valence-corrected chi connectivity index (χ0v) is 15.0. The van der Waals surface area contributed by atoms with Gasteiger partial charge < -0.3 is 14.2 Å². The lowest BCUT2D eigenvalue weighted by Gasteiger charge is -2.29. The Labute approximate surface area is 158 Å². The third kappa shape index (κ3) is 2.80. The molecule has 0 amide bonds. The smallest absolute Gasteiger partial charge is 0.262 e. The first kappa shape index (κ1) is 17.4. The van der Waals surface area contributed by atoms with Crippen LogP contribution in [0.5, 0.6) is 11.5 Å². The van der Waals surface area contributed by atoms with Crippen molar-refractivity contribution in [1.82, 2.24) is 4.90 Å². The van der Waals surface area contributed by atoms with E-state index >= 15 is 0 Å². The molecule has 6 nitrogen and oxygen atoms in total. The van der Waals surface area contributed by atoms with Crippen LogP contribution >= 0.6 is 0 Å². The quantitative estimate of drug-likeness (QED) is 0.826. The van der Waals surface area contributed by atoms with Crippen LogP contribution in [0.15, 0.2) is 48.5 Å². The molecule has 0 radical (unpaired) electrons. The molecular weight excluding hydrogens is 342 g/mol. The monoisotopic (exact) mass is 361 g/mol. The zero-order chi connectivity index (χ0) is 18.9. The minimum Gasteiger partial charge on any atom is -0.454 e. The van der Waals surface area contributed by atoms with Gasteiger partial charge in [0.2, 0.25) is 6.79 Å². The summed E-state index contributed by atoms with van der Waals surface area (Å²) >= 11 is 0. The number of hydrogen-bond acceptors (Lipinski definition) is 6. The minimum absolute atomic E-state index is 0.174. The number of ether oxygens (including phenoxy) is 3. The Kier molecular flexibility index (Phi) is 4.45. The molecule has 4 rings (SSSR count). The van der Waals surface area contributed by atoms with E-state index in [9.17, 15) is 10.5 Å². The highest BCUT2D eigenvalue weighted by Gasteiger charge is 2.56. The summed E-state index contributed by atoms with van der Waals surface area (Å²) in [5.41, 5.74) is 0.113. The fraction of sp³-hybridized carbons (Fsp3) is 0.333. The lowest BCUT2D eigenvalue weighted by molar-refractivity contribution is -0.00906. The summed E-state index contributed by atoms with van der Waals surface area (Å²) in [5, 5.41) is 19.8. The Morgan fingerprint density at radius 2 is 1.78 bits per heavy atom. The van der Waals surface area contributed by atoms with Crippen molar-refractivity contribution >= 4 is 0 Å². The minimum atomic E-state index is -1.61. The van der Waals surface area contributed by atoms with Crippen molar-refractivity contribution in [1.29, 1.82) is 10.5 Å². The van der Waals surface area contributed by atoms with Crippen LogP contribution in [0.1, 0.15) is 36.7 Å². The molecule has 2 aliphatic rings. The standard InChI is InChI=1S/C21H19N3O3/c1-2-10-24-19(16-8-9-17-18(11-16)26-14-25-17)21(12-22,13-23)27-20(24)15-6-4-3-5-7-15/h3-9,11,19-20H,2,10,14H2,1H3. The molecule has 2 atom stereocenters. The number of hydrogen-bond donors (Lipinski definition) is 0. The molecule has 0 spiro atoms. The average molecular weight is 361 g/mol. The average Bonchev–Trinajstić information content (AvgIpc) is 3.31. The van der Waals surface area contributed by atoms with E-state index in [2.05, 4.69) is 24.0 Å². The SMILES string of the molecule is CCCN1C(c2ccccc2)OC(C#N)(C#N)C1c1ccc2c(c1)OCO2. The first-order valence-corrected chi connectivity index (χ1v) is 8.93. The van der Waals surface area contributed by atoms with Crippen LogP contribution in [-0.2, 0) is 4.74 Å². The van der Waals surface area contributed by atoms with E-state index in [-0.39, 0.29) is 6.79 Å². The molecule has 0 saturated carbocycles. The summed E-state index contributed by atoms with van der Waals surface area (Å²) in [6.45, 7) is 2.92. The molecule has 1 fully saturated rings. The van der Waals surface area contributed by atoms with Gasteiger partial charge in [0.05, 0.1) is 6.04 Å². The van der Waals surface area contributed by atoms with Crippen LogP contribution in [-0.4, -0.2) is 23.8 Å². The van der Waals surface area contributed by atoms with Gasteiger partial charge in [-0.15, -0.1) is 0 Å². The maximum atomic E-state index is 9.91.